The van der Waals surface area contributed by atoms with Crippen molar-refractivity contribution in [1.29, 1.82) is 0 Å². The van der Waals surface area contributed by atoms with Gasteiger partial charge in [0, 0.05) is 24.8 Å². The first-order valence-corrected chi connectivity index (χ1v) is 7.26. The first-order valence-electron chi connectivity index (χ1n) is 7.26. The minimum atomic E-state index is -0.000494. The van der Waals surface area contributed by atoms with E-state index in [0.29, 0.717) is 17.4 Å². The maximum absolute atomic E-state index is 12.3. The number of nitrogens with one attached hydrogen (secondary N) is 1. The van der Waals surface area contributed by atoms with Crippen molar-refractivity contribution < 1.29 is 14.3 Å². The summed E-state index contributed by atoms with van der Waals surface area (Å²) in [6.07, 6.45) is 4.42. The molecule has 0 bridgehead atoms. The smallest absolute Gasteiger partial charge is 0.251 e. The molecule has 3 rings (SSSR count). The van der Waals surface area contributed by atoms with E-state index in [2.05, 4.69) is 5.32 Å². The van der Waals surface area contributed by atoms with Crippen LogP contribution in [-0.4, -0.2) is 32.3 Å². The molecule has 1 saturated carbocycles. The molecule has 2 aliphatic rings. The zero-order valence-corrected chi connectivity index (χ0v) is 11.9. The van der Waals surface area contributed by atoms with Gasteiger partial charge in [0.05, 0.1) is 7.11 Å². The molecule has 1 saturated heterocycles. The molecule has 108 valence electrons. The van der Waals surface area contributed by atoms with Gasteiger partial charge in [-0.15, -0.1) is 0 Å². The lowest BCUT2D eigenvalue weighted by Gasteiger charge is -2.52. The van der Waals surface area contributed by atoms with Gasteiger partial charge in [-0.3, -0.25) is 4.79 Å². The largest absolute Gasteiger partial charge is 0.497 e. The molecule has 1 aliphatic heterocycles. The van der Waals surface area contributed by atoms with Crippen molar-refractivity contribution in [2.45, 2.75) is 31.7 Å². The highest BCUT2D eigenvalue weighted by Crippen LogP contribution is 2.48. The van der Waals surface area contributed by atoms with Gasteiger partial charge in [0.1, 0.15) is 5.75 Å². The summed E-state index contributed by atoms with van der Waals surface area (Å²) in [7, 11) is 1.61. The van der Waals surface area contributed by atoms with Crippen LogP contribution in [0.2, 0.25) is 0 Å². The Hall–Kier alpha value is -1.55. The number of hydrogen-bond donors (Lipinski definition) is 1. The Morgan fingerprint density at radius 3 is 2.80 bits per heavy atom. The number of carbonyl (C=O) groups is 1. The van der Waals surface area contributed by atoms with E-state index >= 15 is 0 Å². The van der Waals surface area contributed by atoms with Crippen LogP contribution in [0, 0.1) is 5.41 Å². The minimum Gasteiger partial charge on any atom is -0.497 e. The zero-order valence-electron chi connectivity index (χ0n) is 11.9. The lowest BCUT2D eigenvalue weighted by molar-refractivity contribution is -0.0523. The maximum Gasteiger partial charge on any atom is 0.251 e. The summed E-state index contributed by atoms with van der Waals surface area (Å²) in [4.78, 5) is 12.3. The number of methoxy groups -OCH3 is 1. The van der Waals surface area contributed by atoms with Gasteiger partial charge in [0.2, 0.25) is 0 Å². The molecule has 0 unspecified atom stereocenters. The summed E-state index contributed by atoms with van der Waals surface area (Å²) in [5.41, 5.74) is 0.950. The Morgan fingerprint density at radius 1 is 1.35 bits per heavy atom. The lowest BCUT2D eigenvalue weighted by Crippen LogP contribution is -2.57. The lowest BCUT2D eigenvalue weighted by atomic mass is 9.60. The van der Waals surface area contributed by atoms with E-state index < -0.39 is 0 Å². The summed E-state index contributed by atoms with van der Waals surface area (Å²) in [5, 5.41) is 3.19. The van der Waals surface area contributed by atoms with Gasteiger partial charge in [-0.25, -0.2) is 0 Å². The third-order valence-corrected chi connectivity index (χ3v) is 4.80. The van der Waals surface area contributed by atoms with Crippen LogP contribution in [0.25, 0.3) is 0 Å². The summed E-state index contributed by atoms with van der Waals surface area (Å²) in [5.74, 6) is 0.714. The van der Waals surface area contributed by atoms with Crippen LogP contribution in [-0.2, 0) is 4.74 Å². The monoisotopic (exact) mass is 275 g/mol. The van der Waals surface area contributed by atoms with E-state index in [4.69, 9.17) is 9.47 Å². The summed E-state index contributed by atoms with van der Waals surface area (Å²) in [6, 6.07) is 7.60. The second-order valence-electron chi connectivity index (χ2n) is 5.77. The SMILES string of the molecule is COc1cccc(C(=O)N[C@H]2CCC23CCOCC3)c1. The number of ether oxygens (including phenoxy) is 2. The molecule has 1 atom stereocenters. The molecule has 1 heterocycles. The Kier molecular flexibility index (Phi) is 3.66. The van der Waals surface area contributed by atoms with Crippen LogP contribution >= 0.6 is 0 Å². The van der Waals surface area contributed by atoms with Crippen molar-refractivity contribution in [2.75, 3.05) is 20.3 Å². The zero-order chi connectivity index (χ0) is 14.0. The summed E-state index contributed by atoms with van der Waals surface area (Å²) < 4.78 is 10.6. The standard InChI is InChI=1S/C16H21NO3/c1-19-13-4-2-3-12(11-13)15(18)17-14-5-6-16(14)7-9-20-10-8-16/h2-4,11,14H,5-10H2,1H3,(H,17,18)/t14-/m0/s1. The third-order valence-electron chi connectivity index (χ3n) is 4.80. The molecule has 0 radical (unpaired) electrons. The van der Waals surface area contributed by atoms with Gasteiger partial charge in [-0.2, -0.15) is 0 Å². The van der Waals surface area contributed by atoms with Crippen LogP contribution < -0.4 is 10.1 Å². The molecule has 20 heavy (non-hydrogen) atoms. The van der Waals surface area contributed by atoms with Gasteiger partial charge >= 0.3 is 0 Å². The molecule has 4 heteroatoms. The van der Waals surface area contributed by atoms with Gasteiger partial charge < -0.3 is 14.8 Å². The van der Waals surface area contributed by atoms with Crippen LogP contribution in [0.5, 0.6) is 5.75 Å². The van der Waals surface area contributed by atoms with E-state index in [9.17, 15) is 4.79 Å². The maximum atomic E-state index is 12.3. The van der Waals surface area contributed by atoms with Gasteiger partial charge in [0.25, 0.3) is 5.91 Å². The molecule has 1 N–H and O–H groups in total. The first kappa shape index (κ1) is 13.4. The van der Waals surface area contributed by atoms with Crippen LogP contribution in [0.3, 0.4) is 0 Å². The van der Waals surface area contributed by atoms with Gasteiger partial charge in [-0.05, 0) is 49.3 Å². The predicted molar refractivity (Wildman–Crippen MR) is 76.0 cm³/mol. The molecule has 2 fully saturated rings. The molecule has 0 aromatic heterocycles. The average Bonchev–Trinajstić information content (AvgIpc) is 2.52. The fourth-order valence-corrected chi connectivity index (χ4v) is 3.30. The molecule has 1 spiro atoms. The van der Waals surface area contributed by atoms with E-state index in [1.807, 2.05) is 18.2 Å². The average molecular weight is 275 g/mol. The highest BCUT2D eigenvalue weighted by Gasteiger charge is 2.47. The highest BCUT2D eigenvalue weighted by molar-refractivity contribution is 5.94. The number of carbonyl (C=O) groups excluding carboxylic acids is 1. The van der Waals surface area contributed by atoms with E-state index in [1.54, 1.807) is 13.2 Å². The van der Waals surface area contributed by atoms with Crippen molar-refractivity contribution in [3.8, 4) is 5.75 Å². The molecule has 1 amide bonds. The van der Waals surface area contributed by atoms with Crippen molar-refractivity contribution in [1.82, 2.24) is 5.32 Å². The van der Waals surface area contributed by atoms with E-state index in [-0.39, 0.29) is 11.3 Å². The van der Waals surface area contributed by atoms with Crippen molar-refractivity contribution in [3.63, 3.8) is 0 Å². The van der Waals surface area contributed by atoms with Crippen LogP contribution in [0.4, 0.5) is 0 Å². The number of hydrogen-bond acceptors (Lipinski definition) is 3. The molecular weight excluding hydrogens is 254 g/mol. The van der Waals surface area contributed by atoms with Crippen molar-refractivity contribution in [3.05, 3.63) is 29.8 Å². The van der Waals surface area contributed by atoms with Crippen LogP contribution in [0.1, 0.15) is 36.0 Å². The number of amides is 1. The van der Waals surface area contributed by atoms with E-state index in [1.165, 1.54) is 6.42 Å². The van der Waals surface area contributed by atoms with Gasteiger partial charge in [0.15, 0.2) is 0 Å². The Balaban J connectivity index is 1.66. The Morgan fingerprint density at radius 2 is 2.15 bits per heavy atom. The fraction of sp³-hybridized carbons (Fsp3) is 0.562. The molecular formula is C16H21NO3. The second-order valence-corrected chi connectivity index (χ2v) is 5.77. The van der Waals surface area contributed by atoms with Crippen molar-refractivity contribution >= 4 is 5.91 Å². The minimum absolute atomic E-state index is 0.000494. The topological polar surface area (TPSA) is 47.6 Å². The number of rotatable bonds is 3. The van der Waals surface area contributed by atoms with Crippen LogP contribution in [0.15, 0.2) is 24.3 Å². The third kappa shape index (κ3) is 2.40. The molecule has 1 aromatic rings. The molecule has 1 aromatic carbocycles. The first-order chi connectivity index (χ1) is 9.73. The van der Waals surface area contributed by atoms with E-state index in [0.717, 1.165) is 32.5 Å². The van der Waals surface area contributed by atoms with Gasteiger partial charge in [-0.1, -0.05) is 6.07 Å². The Bertz CT molecular complexity index is 494. The predicted octanol–water partition coefficient (Wildman–Crippen LogP) is 2.38. The molecule has 4 nitrogen and oxygen atoms in total. The molecule has 1 aliphatic carbocycles. The van der Waals surface area contributed by atoms with Crippen molar-refractivity contribution in [2.24, 2.45) is 5.41 Å². The normalized spacial score (nSPS) is 23.9. The fourth-order valence-electron chi connectivity index (χ4n) is 3.30. The quantitative estimate of drug-likeness (QED) is 0.921. The Labute approximate surface area is 119 Å². The summed E-state index contributed by atoms with van der Waals surface area (Å²) >= 11 is 0. The second kappa shape index (κ2) is 5.44. The highest BCUT2D eigenvalue weighted by atomic mass is 16.5. The summed E-state index contributed by atoms with van der Waals surface area (Å²) in [6.45, 7) is 1.65. The number of benzene rings is 1.